The Morgan fingerprint density at radius 3 is 2.59 bits per heavy atom. The third-order valence-electron chi connectivity index (χ3n) is 6.16. The number of aryl methyl sites for hydroxylation is 1. The zero-order valence-corrected chi connectivity index (χ0v) is 19.0. The van der Waals surface area contributed by atoms with Crippen LogP contribution >= 0.6 is 11.3 Å². The van der Waals surface area contributed by atoms with E-state index in [4.69, 9.17) is 5.10 Å². The monoisotopic (exact) mass is 450 g/mol. The minimum atomic E-state index is -0.0170. The van der Waals surface area contributed by atoms with Crippen molar-refractivity contribution in [3.63, 3.8) is 0 Å². The maximum absolute atomic E-state index is 13.3. The second-order valence-electron chi connectivity index (χ2n) is 8.39. The van der Waals surface area contributed by atoms with Gasteiger partial charge in [0, 0.05) is 61.6 Å². The van der Waals surface area contributed by atoms with Crippen LogP contribution < -0.4 is 0 Å². The van der Waals surface area contributed by atoms with Crippen LogP contribution in [0.4, 0.5) is 0 Å². The number of hydrogen-bond donors (Lipinski definition) is 0. The maximum atomic E-state index is 13.3. The molecule has 0 aromatic carbocycles. The van der Waals surface area contributed by atoms with Gasteiger partial charge < -0.3 is 9.80 Å². The predicted octanol–water partition coefficient (Wildman–Crippen LogP) is 2.45. The molecule has 9 heteroatoms. The van der Waals surface area contributed by atoms with Crippen molar-refractivity contribution >= 4 is 23.2 Å². The Kier molecular flexibility index (Phi) is 5.73. The SMILES string of the molecule is Cc1nc(CC(=O)N2CCc3c(c(C(=O)N4CCCC4)nn3Cc3ccncc3)C2)cs1. The lowest BCUT2D eigenvalue weighted by atomic mass is 10.0. The summed E-state index contributed by atoms with van der Waals surface area (Å²) in [7, 11) is 0. The smallest absolute Gasteiger partial charge is 0.274 e. The first kappa shape index (κ1) is 20.8. The topological polar surface area (TPSA) is 84.2 Å². The van der Waals surface area contributed by atoms with Crippen LogP contribution in [0.5, 0.6) is 0 Å². The van der Waals surface area contributed by atoms with Crippen molar-refractivity contribution in [3.05, 3.63) is 63.1 Å². The van der Waals surface area contributed by atoms with Crippen molar-refractivity contribution in [3.8, 4) is 0 Å². The largest absolute Gasteiger partial charge is 0.337 e. The van der Waals surface area contributed by atoms with E-state index in [2.05, 4.69) is 9.97 Å². The second kappa shape index (κ2) is 8.82. The lowest BCUT2D eigenvalue weighted by Crippen LogP contribution is -2.38. The molecular formula is C23H26N6O2S. The van der Waals surface area contributed by atoms with Crippen molar-refractivity contribution in [2.24, 2.45) is 0 Å². The van der Waals surface area contributed by atoms with Gasteiger partial charge in [-0.05, 0) is 37.5 Å². The first-order valence-corrected chi connectivity index (χ1v) is 11.9. The molecule has 0 N–H and O–H groups in total. The molecule has 1 saturated heterocycles. The van der Waals surface area contributed by atoms with Crippen LogP contribution in [0.1, 0.15) is 50.9 Å². The van der Waals surface area contributed by atoms with E-state index in [9.17, 15) is 9.59 Å². The van der Waals surface area contributed by atoms with E-state index in [0.717, 1.165) is 53.5 Å². The predicted molar refractivity (Wildman–Crippen MR) is 120 cm³/mol. The molecule has 0 unspecified atom stereocenters. The molecule has 0 saturated carbocycles. The van der Waals surface area contributed by atoms with E-state index in [1.54, 1.807) is 23.7 Å². The summed E-state index contributed by atoms with van der Waals surface area (Å²) in [6, 6.07) is 3.93. The number of nitrogens with zero attached hydrogens (tertiary/aromatic N) is 6. The maximum Gasteiger partial charge on any atom is 0.274 e. The molecular weight excluding hydrogens is 424 g/mol. The van der Waals surface area contributed by atoms with E-state index >= 15 is 0 Å². The van der Waals surface area contributed by atoms with Crippen molar-refractivity contribution in [1.29, 1.82) is 0 Å². The molecule has 5 heterocycles. The van der Waals surface area contributed by atoms with Gasteiger partial charge in [-0.15, -0.1) is 11.3 Å². The van der Waals surface area contributed by atoms with Gasteiger partial charge in [-0.3, -0.25) is 19.3 Å². The van der Waals surface area contributed by atoms with Gasteiger partial charge in [0.1, 0.15) is 0 Å². The summed E-state index contributed by atoms with van der Waals surface area (Å²) in [5.41, 5.74) is 4.34. The van der Waals surface area contributed by atoms with E-state index in [0.29, 0.717) is 38.2 Å². The molecule has 1 fully saturated rings. The Bertz CT molecular complexity index is 1130. The Morgan fingerprint density at radius 2 is 1.88 bits per heavy atom. The molecule has 5 rings (SSSR count). The van der Waals surface area contributed by atoms with E-state index in [1.807, 2.05) is 38.9 Å². The molecule has 0 spiro atoms. The van der Waals surface area contributed by atoms with Gasteiger partial charge >= 0.3 is 0 Å². The minimum absolute atomic E-state index is 0.0170. The number of likely N-dealkylation sites (tertiary alicyclic amines) is 1. The van der Waals surface area contributed by atoms with Gasteiger partial charge in [-0.1, -0.05) is 0 Å². The third-order valence-corrected chi connectivity index (χ3v) is 6.99. The first-order chi connectivity index (χ1) is 15.6. The normalized spacial score (nSPS) is 15.8. The van der Waals surface area contributed by atoms with Crippen LogP contribution in [0.15, 0.2) is 29.9 Å². The first-order valence-electron chi connectivity index (χ1n) is 11.0. The number of hydrogen-bond acceptors (Lipinski definition) is 6. The summed E-state index contributed by atoms with van der Waals surface area (Å²) in [5.74, 6) is 0.0269. The highest BCUT2D eigenvalue weighted by Crippen LogP contribution is 2.26. The van der Waals surface area contributed by atoms with Crippen LogP contribution in [-0.4, -0.2) is 61.0 Å². The lowest BCUT2D eigenvalue weighted by molar-refractivity contribution is -0.131. The number of pyridine rings is 1. The molecule has 2 amide bonds. The molecule has 2 aliphatic rings. The number of fused-ring (bicyclic) bond motifs is 1. The quantitative estimate of drug-likeness (QED) is 0.596. The molecule has 0 aliphatic carbocycles. The zero-order valence-electron chi connectivity index (χ0n) is 18.2. The summed E-state index contributed by atoms with van der Waals surface area (Å²) in [6.45, 7) is 5.12. The third kappa shape index (κ3) is 4.17. The molecule has 0 bridgehead atoms. The Morgan fingerprint density at radius 1 is 1.09 bits per heavy atom. The van der Waals surface area contributed by atoms with E-state index in [1.165, 1.54) is 0 Å². The van der Waals surface area contributed by atoms with Crippen LogP contribution in [0.2, 0.25) is 0 Å². The highest BCUT2D eigenvalue weighted by Gasteiger charge is 2.32. The molecule has 0 atom stereocenters. The molecule has 3 aromatic heterocycles. The van der Waals surface area contributed by atoms with E-state index in [-0.39, 0.29) is 11.8 Å². The van der Waals surface area contributed by atoms with Crippen LogP contribution in [-0.2, 0) is 30.7 Å². The zero-order chi connectivity index (χ0) is 22.1. The fourth-order valence-electron chi connectivity index (χ4n) is 4.49. The van der Waals surface area contributed by atoms with Crippen molar-refractivity contribution < 1.29 is 9.59 Å². The van der Waals surface area contributed by atoms with Crippen LogP contribution in [0.3, 0.4) is 0 Å². The average Bonchev–Trinajstić information content (AvgIpc) is 3.55. The molecule has 166 valence electrons. The van der Waals surface area contributed by atoms with Crippen molar-refractivity contribution in [1.82, 2.24) is 29.5 Å². The number of amides is 2. The number of aromatic nitrogens is 4. The fraction of sp³-hybridized carbons (Fsp3) is 0.435. The number of carbonyl (C=O) groups excluding carboxylic acids is 2. The standard InChI is InChI=1S/C23H26N6O2S/c1-16-25-18(15-32-16)12-21(30)28-11-6-20-19(14-28)22(23(31)27-9-2-3-10-27)26-29(20)13-17-4-7-24-8-5-17/h4-5,7-8,15H,2-3,6,9-14H2,1H3. The van der Waals surface area contributed by atoms with E-state index < -0.39 is 0 Å². The van der Waals surface area contributed by atoms with Gasteiger partial charge in [0.05, 0.1) is 23.7 Å². The van der Waals surface area contributed by atoms with Crippen molar-refractivity contribution in [2.75, 3.05) is 19.6 Å². The van der Waals surface area contributed by atoms with Crippen molar-refractivity contribution in [2.45, 2.75) is 45.7 Å². The average molecular weight is 451 g/mol. The van der Waals surface area contributed by atoms with Gasteiger partial charge in [0.2, 0.25) is 5.91 Å². The molecule has 3 aromatic rings. The summed E-state index contributed by atoms with van der Waals surface area (Å²) in [5, 5.41) is 7.67. The highest BCUT2D eigenvalue weighted by molar-refractivity contribution is 7.09. The second-order valence-corrected chi connectivity index (χ2v) is 9.45. The summed E-state index contributed by atoms with van der Waals surface area (Å²) in [6.07, 6.45) is 6.57. The molecule has 32 heavy (non-hydrogen) atoms. The van der Waals surface area contributed by atoms with Gasteiger partial charge in [0.15, 0.2) is 5.69 Å². The summed E-state index contributed by atoms with van der Waals surface area (Å²) in [4.78, 5) is 38.5. The minimum Gasteiger partial charge on any atom is -0.337 e. The molecule has 8 nitrogen and oxygen atoms in total. The lowest BCUT2D eigenvalue weighted by Gasteiger charge is -2.28. The Balaban J connectivity index is 1.42. The Labute approximate surface area is 190 Å². The molecule has 2 aliphatic heterocycles. The van der Waals surface area contributed by atoms with Crippen LogP contribution in [0.25, 0.3) is 0 Å². The number of thiazole rings is 1. The highest BCUT2D eigenvalue weighted by atomic mass is 32.1. The van der Waals surface area contributed by atoms with Crippen LogP contribution in [0, 0.1) is 6.92 Å². The van der Waals surface area contributed by atoms with Gasteiger partial charge in [-0.25, -0.2) is 4.98 Å². The molecule has 0 radical (unpaired) electrons. The van der Waals surface area contributed by atoms with Gasteiger partial charge in [-0.2, -0.15) is 5.10 Å². The number of carbonyl (C=O) groups is 2. The van der Waals surface area contributed by atoms with Gasteiger partial charge in [0.25, 0.3) is 5.91 Å². The number of rotatable bonds is 5. The summed E-state index contributed by atoms with van der Waals surface area (Å²) >= 11 is 1.56. The Hall–Kier alpha value is -3.07. The fourth-order valence-corrected chi connectivity index (χ4v) is 5.11. The summed E-state index contributed by atoms with van der Waals surface area (Å²) < 4.78 is 1.94.